The molecule has 1 aromatic carbocycles. The monoisotopic (exact) mass is 434 g/mol. The molecule has 7 nitrogen and oxygen atoms in total. The van der Waals surface area contributed by atoms with Gasteiger partial charge in [0, 0.05) is 6.42 Å². The number of phenolic OH excluding ortho intramolecular Hbond substituents is 1. The Morgan fingerprint density at radius 1 is 1.19 bits per heavy atom. The summed E-state index contributed by atoms with van der Waals surface area (Å²) >= 11 is 0. The number of methoxy groups -OCH3 is 1. The van der Waals surface area contributed by atoms with Crippen molar-refractivity contribution in [2.75, 3.05) is 13.7 Å². The molecule has 2 rings (SSSR count). The molecule has 0 aliphatic carbocycles. The van der Waals surface area contributed by atoms with E-state index in [1.54, 1.807) is 39.8 Å². The van der Waals surface area contributed by atoms with Gasteiger partial charge in [0.05, 0.1) is 31.0 Å². The fourth-order valence-electron chi connectivity index (χ4n) is 4.41. The minimum atomic E-state index is -1.01. The second-order valence-corrected chi connectivity index (χ2v) is 9.80. The summed E-state index contributed by atoms with van der Waals surface area (Å²) in [5.74, 6) is -1.13. The molecule has 0 aromatic heterocycles. The molecular weight excluding hydrogens is 400 g/mol. The van der Waals surface area contributed by atoms with Gasteiger partial charge < -0.3 is 19.3 Å². The highest BCUT2D eigenvalue weighted by molar-refractivity contribution is 5.81. The van der Waals surface area contributed by atoms with E-state index in [0.717, 1.165) is 5.56 Å². The Bertz CT molecular complexity index is 814. The highest BCUT2D eigenvalue weighted by Gasteiger charge is 2.47. The third-order valence-electron chi connectivity index (χ3n) is 6.03. The van der Waals surface area contributed by atoms with Crippen molar-refractivity contribution < 1.29 is 33.7 Å². The van der Waals surface area contributed by atoms with Crippen LogP contribution in [0, 0.1) is 10.8 Å². The molecule has 1 aliphatic heterocycles. The van der Waals surface area contributed by atoms with E-state index in [4.69, 9.17) is 14.2 Å². The lowest BCUT2D eigenvalue weighted by Gasteiger charge is -2.40. The first-order chi connectivity index (χ1) is 14.3. The molecule has 0 amide bonds. The van der Waals surface area contributed by atoms with Gasteiger partial charge in [-0.3, -0.25) is 14.4 Å². The molecule has 7 heteroatoms. The Hall–Kier alpha value is -2.57. The van der Waals surface area contributed by atoms with Crippen LogP contribution in [0.25, 0.3) is 0 Å². The van der Waals surface area contributed by atoms with Gasteiger partial charge in [-0.05, 0) is 64.2 Å². The molecule has 1 saturated heterocycles. The number of carbonyl (C=O) groups excluding carboxylic acids is 3. The van der Waals surface area contributed by atoms with Crippen molar-refractivity contribution in [1.82, 2.24) is 0 Å². The van der Waals surface area contributed by atoms with Crippen molar-refractivity contribution in [2.45, 2.75) is 71.8 Å². The van der Waals surface area contributed by atoms with Gasteiger partial charge in [-0.15, -0.1) is 0 Å². The van der Waals surface area contributed by atoms with Crippen LogP contribution in [0.3, 0.4) is 0 Å². The van der Waals surface area contributed by atoms with E-state index in [1.807, 2.05) is 19.1 Å². The summed E-state index contributed by atoms with van der Waals surface area (Å²) in [6.45, 7) is 9.21. The van der Waals surface area contributed by atoms with Gasteiger partial charge in [-0.1, -0.05) is 19.1 Å². The third kappa shape index (κ3) is 6.21. The molecular formula is C24H34O7. The van der Waals surface area contributed by atoms with E-state index < -0.39 is 34.3 Å². The van der Waals surface area contributed by atoms with Crippen molar-refractivity contribution in [3.05, 3.63) is 29.8 Å². The Kier molecular flexibility index (Phi) is 7.40. The first-order valence-electron chi connectivity index (χ1n) is 10.6. The highest BCUT2D eigenvalue weighted by Crippen LogP contribution is 2.44. The fourth-order valence-corrected chi connectivity index (χ4v) is 4.41. The summed E-state index contributed by atoms with van der Waals surface area (Å²) < 4.78 is 15.8. The van der Waals surface area contributed by atoms with Crippen LogP contribution in [0.1, 0.15) is 71.8 Å². The molecule has 0 saturated carbocycles. The summed E-state index contributed by atoms with van der Waals surface area (Å²) in [4.78, 5) is 37.6. The van der Waals surface area contributed by atoms with Gasteiger partial charge in [0.1, 0.15) is 11.4 Å². The predicted molar refractivity (Wildman–Crippen MR) is 114 cm³/mol. The van der Waals surface area contributed by atoms with Crippen LogP contribution < -0.4 is 0 Å². The smallest absolute Gasteiger partial charge is 0.312 e. The predicted octanol–water partition coefficient (Wildman–Crippen LogP) is 4.12. The van der Waals surface area contributed by atoms with Crippen molar-refractivity contribution in [1.29, 1.82) is 0 Å². The van der Waals surface area contributed by atoms with Crippen LogP contribution in [0.5, 0.6) is 5.75 Å². The number of ether oxygens (including phenoxy) is 3. The van der Waals surface area contributed by atoms with E-state index in [-0.39, 0.29) is 31.1 Å². The summed E-state index contributed by atoms with van der Waals surface area (Å²) in [5.41, 5.74) is -1.91. The molecule has 1 N–H and O–H groups in total. The molecule has 0 radical (unpaired) electrons. The number of esters is 3. The van der Waals surface area contributed by atoms with Crippen LogP contribution in [0.2, 0.25) is 0 Å². The van der Waals surface area contributed by atoms with Crippen LogP contribution in [-0.2, 0) is 28.6 Å². The number of rotatable bonds is 8. The van der Waals surface area contributed by atoms with E-state index in [9.17, 15) is 19.5 Å². The number of phenols is 1. The summed E-state index contributed by atoms with van der Waals surface area (Å²) in [6.07, 6.45) is 1.06. The van der Waals surface area contributed by atoms with Gasteiger partial charge in [-0.25, -0.2) is 0 Å². The number of hydrogen-bond donors (Lipinski definition) is 1. The second-order valence-electron chi connectivity index (χ2n) is 9.80. The van der Waals surface area contributed by atoms with Gasteiger partial charge in [0.2, 0.25) is 0 Å². The number of carbonyl (C=O) groups is 3. The van der Waals surface area contributed by atoms with Crippen LogP contribution in [0.4, 0.5) is 0 Å². The molecule has 1 fully saturated rings. The third-order valence-corrected chi connectivity index (χ3v) is 6.03. The Morgan fingerprint density at radius 3 is 2.35 bits per heavy atom. The normalized spacial score (nSPS) is 22.1. The molecule has 1 aliphatic rings. The average Bonchev–Trinajstić information content (AvgIpc) is 2.66. The molecule has 0 spiro atoms. The first kappa shape index (κ1) is 24.7. The van der Waals surface area contributed by atoms with Crippen molar-refractivity contribution in [3.63, 3.8) is 0 Å². The molecule has 1 aromatic rings. The highest BCUT2D eigenvalue weighted by atomic mass is 16.6. The molecule has 3 unspecified atom stereocenters. The van der Waals surface area contributed by atoms with Gasteiger partial charge >= 0.3 is 17.9 Å². The van der Waals surface area contributed by atoms with Crippen LogP contribution in [-0.4, -0.2) is 42.3 Å². The van der Waals surface area contributed by atoms with Gasteiger partial charge in [0.25, 0.3) is 0 Å². The zero-order valence-electron chi connectivity index (χ0n) is 19.3. The minimum absolute atomic E-state index is 0.00271. The maximum absolute atomic E-state index is 13.5. The number of hydrogen-bond acceptors (Lipinski definition) is 7. The fraction of sp³-hybridized carbons (Fsp3) is 0.625. The summed E-state index contributed by atoms with van der Waals surface area (Å²) in [5, 5.41) is 9.57. The second kappa shape index (κ2) is 9.28. The summed E-state index contributed by atoms with van der Waals surface area (Å²) in [7, 11) is 1.33. The van der Waals surface area contributed by atoms with E-state index >= 15 is 0 Å². The SMILES string of the molecule is COC(=O)C(C)(C)CC(C)(CC(C)c1ccc(O)cc1)C(=O)OC1(C)CCOC(=O)C1. The Morgan fingerprint density at radius 2 is 1.81 bits per heavy atom. The lowest BCUT2D eigenvalue weighted by atomic mass is 9.69. The number of cyclic esters (lactones) is 1. The lowest BCUT2D eigenvalue weighted by molar-refractivity contribution is -0.185. The average molecular weight is 435 g/mol. The number of benzene rings is 1. The topological polar surface area (TPSA) is 99.1 Å². The van der Waals surface area contributed by atoms with Gasteiger partial charge in [0.15, 0.2) is 0 Å². The van der Waals surface area contributed by atoms with Crippen LogP contribution >= 0.6 is 0 Å². The molecule has 172 valence electrons. The van der Waals surface area contributed by atoms with Crippen molar-refractivity contribution in [3.8, 4) is 5.75 Å². The lowest BCUT2D eigenvalue weighted by Crippen LogP contribution is -2.46. The van der Waals surface area contributed by atoms with E-state index in [2.05, 4.69) is 0 Å². The number of aromatic hydroxyl groups is 1. The Balaban J connectivity index is 2.31. The summed E-state index contributed by atoms with van der Waals surface area (Å²) in [6, 6.07) is 6.84. The largest absolute Gasteiger partial charge is 0.508 e. The first-order valence-corrected chi connectivity index (χ1v) is 10.6. The zero-order chi connectivity index (χ0) is 23.4. The standard InChI is InChI=1S/C24H34O7/c1-16(17-7-9-18(25)10-8-17)13-23(4,15-22(2,3)20(27)29-6)21(28)31-24(5)11-12-30-19(26)14-24/h7-10,16,25H,11-15H2,1-6H3. The Labute approximate surface area is 184 Å². The maximum Gasteiger partial charge on any atom is 0.312 e. The zero-order valence-corrected chi connectivity index (χ0v) is 19.3. The van der Waals surface area contributed by atoms with Gasteiger partial charge in [-0.2, -0.15) is 0 Å². The van der Waals surface area contributed by atoms with E-state index in [0.29, 0.717) is 12.8 Å². The molecule has 0 bridgehead atoms. The van der Waals surface area contributed by atoms with E-state index in [1.165, 1.54) is 7.11 Å². The van der Waals surface area contributed by atoms with Crippen LogP contribution in [0.15, 0.2) is 24.3 Å². The quantitative estimate of drug-likeness (QED) is 0.485. The maximum atomic E-state index is 13.5. The molecule has 1 heterocycles. The molecule has 31 heavy (non-hydrogen) atoms. The van der Waals surface area contributed by atoms with Crippen molar-refractivity contribution >= 4 is 17.9 Å². The molecule has 3 atom stereocenters. The van der Waals surface area contributed by atoms with Crippen molar-refractivity contribution in [2.24, 2.45) is 10.8 Å². The minimum Gasteiger partial charge on any atom is -0.508 e.